The van der Waals surface area contributed by atoms with Crippen LogP contribution in [-0.2, 0) is 58.8 Å². The third-order valence-electron chi connectivity index (χ3n) is 11.7. The molecule has 2 bridgehead atoms. The van der Waals surface area contributed by atoms with Gasteiger partial charge in [-0.1, -0.05) is 97.5 Å². The van der Waals surface area contributed by atoms with Gasteiger partial charge in [0.25, 0.3) is 5.97 Å². The van der Waals surface area contributed by atoms with E-state index in [1.165, 1.54) is 33.1 Å². The molecular weight excluding hydrogens is 945 g/mol. The first-order valence-electron chi connectivity index (χ1n) is 22.6. The van der Waals surface area contributed by atoms with E-state index in [4.69, 9.17) is 33.6 Å². The van der Waals surface area contributed by atoms with Crippen molar-refractivity contribution in [1.82, 2.24) is 5.32 Å². The number of carbonyl (C=O) groups excluding carboxylic acids is 6. The van der Waals surface area contributed by atoms with Crippen LogP contribution in [0.5, 0.6) is 0 Å². The van der Waals surface area contributed by atoms with Crippen LogP contribution in [-0.4, -0.2) is 141 Å². The van der Waals surface area contributed by atoms with Gasteiger partial charge in [0.2, 0.25) is 12.5 Å². The Morgan fingerprint density at radius 3 is 1.93 bits per heavy atom. The van der Waals surface area contributed by atoms with Crippen molar-refractivity contribution >= 4 is 42.2 Å². The van der Waals surface area contributed by atoms with Gasteiger partial charge >= 0.3 is 30.2 Å². The lowest BCUT2D eigenvalue weighted by Gasteiger charge is -2.59. The van der Waals surface area contributed by atoms with E-state index in [1.54, 1.807) is 69.3 Å². The molecule has 1 saturated heterocycles. The highest BCUT2D eigenvalue weighted by Crippen LogP contribution is 2.59. The van der Waals surface area contributed by atoms with Crippen molar-refractivity contribution in [3.8, 4) is 12.8 Å². The number of aliphatic hydroxyl groups excluding tert-OH is 1. The highest BCUT2D eigenvalue weighted by Gasteiger charge is 2.69. The summed E-state index contributed by atoms with van der Waals surface area (Å²) in [6.45, 7) is 15.7. The zero-order chi connectivity index (χ0) is 55.1. The summed E-state index contributed by atoms with van der Waals surface area (Å²) in [6.07, 6.45) is -6.07. The number of carboxylic acid groups (broad SMARTS) is 1. The summed E-state index contributed by atoms with van der Waals surface area (Å²) in [6, 6.07) is 16.4. The minimum absolute atomic E-state index is 0. The van der Waals surface area contributed by atoms with Crippen molar-refractivity contribution in [2.45, 2.75) is 144 Å². The Hall–Kier alpha value is -6.25. The molecule has 3 aliphatic rings. The first-order chi connectivity index (χ1) is 33.2. The second kappa shape index (κ2) is 31.3. The lowest BCUT2D eigenvalue weighted by Crippen LogP contribution is -2.71. The summed E-state index contributed by atoms with van der Waals surface area (Å²) in [5.74, 6) is -6.09. The van der Waals surface area contributed by atoms with E-state index in [2.05, 4.69) is 28.6 Å². The van der Waals surface area contributed by atoms with Crippen LogP contribution >= 0.6 is 0 Å². The maximum absolute atomic E-state index is 14.9. The summed E-state index contributed by atoms with van der Waals surface area (Å²) in [5, 5.41) is 65.0. The smallest absolute Gasteiger partial charge is 0.405 e. The van der Waals surface area contributed by atoms with E-state index in [1.807, 2.05) is 27.7 Å². The van der Waals surface area contributed by atoms with Gasteiger partial charge in [0.15, 0.2) is 5.78 Å². The van der Waals surface area contributed by atoms with Gasteiger partial charge in [-0.3, -0.25) is 23.9 Å². The molecule has 0 aromatic heterocycles. The number of nitrogens with one attached hydrogen (secondary N) is 1. The first kappa shape index (κ1) is 67.8. The molecule has 9 atom stereocenters. The number of primary amides is 1. The van der Waals surface area contributed by atoms with Gasteiger partial charge < -0.3 is 65.4 Å². The number of nitrogens with two attached hydrogens (primary N) is 1. The molecule has 2 amide bonds. The molecular formula is C51H76N2O19. The number of hydrogen-bond acceptors (Lipinski definition) is 18. The average Bonchev–Trinajstić information content (AvgIpc) is 3.44. The summed E-state index contributed by atoms with van der Waals surface area (Å²) in [5.41, 5.74) is -0.748. The normalized spacial score (nSPS) is 24.9. The van der Waals surface area contributed by atoms with Gasteiger partial charge in [-0.05, 0) is 49.6 Å². The summed E-state index contributed by atoms with van der Waals surface area (Å²) < 4.78 is 32.9. The predicted molar refractivity (Wildman–Crippen MR) is 262 cm³/mol. The van der Waals surface area contributed by atoms with Gasteiger partial charge in [-0.25, -0.2) is 14.4 Å². The highest BCUT2D eigenvalue weighted by molar-refractivity contribution is 5.93. The molecule has 1 saturated carbocycles. The number of carboxylic acids is 1. The van der Waals surface area contributed by atoms with Crippen LogP contribution < -0.4 is 11.1 Å². The second-order valence-electron chi connectivity index (χ2n) is 16.4. The van der Waals surface area contributed by atoms with Crippen molar-refractivity contribution in [3.63, 3.8) is 0 Å². The summed E-state index contributed by atoms with van der Waals surface area (Å²) >= 11 is 0. The van der Waals surface area contributed by atoms with Crippen LogP contribution in [0.15, 0.2) is 71.8 Å². The molecule has 404 valence electrons. The number of terminal acetylenes is 1. The number of rotatable bonds is 12. The molecule has 2 fully saturated rings. The maximum Gasteiger partial charge on any atom is 0.405 e. The Morgan fingerprint density at radius 1 is 0.958 bits per heavy atom. The SMILES string of the molecule is C.C#C.CC.CC.CC(=O)O.CC1=C2[C@@H](O)C(=O)[C@]3(C)[C@@H](OC(O)(O)O)C[C@H](C)OC[C@H]3[C@H](OC(=O)c3ccccc3)[C@](O)(C[C@@H]1OC(=O)[C@@H](Cc1ccccc1)OC(=O)CNC=O)C2(C)C.COC(N)=O. The highest BCUT2D eigenvalue weighted by atomic mass is 16.9. The number of hydrogen-bond donors (Lipinski definition) is 8. The van der Waals surface area contributed by atoms with Crippen molar-refractivity contribution in [2.75, 3.05) is 20.3 Å². The second-order valence-corrected chi connectivity index (χ2v) is 16.4. The molecule has 21 nitrogen and oxygen atoms in total. The van der Waals surface area contributed by atoms with Crippen LogP contribution in [0.2, 0.25) is 0 Å². The van der Waals surface area contributed by atoms with Crippen molar-refractivity contribution in [3.05, 3.63) is 82.9 Å². The van der Waals surface area contributed by atoms with Gasteiger partial charge in [-0.15, -0.1) is 12.8 Å². The summed E-state index contributed by atoms with van der Waals surface area (Å²) in [4.78, 5) is 84.7. The number of Topliss-reactive ketones (excluding diaryl/α,β-unsaturated/α-hetero) is 1. The number of aliphatic carboxylic acids is 1. The molecule has 1 aliphatic heterocycles. The van der Waals surface area contributed by atoms with Crippen molar-refractivity contribution in [1.29, 1.82) is 0 Å². The Kier molecular flexibility index (Phi) is 29.4. The van der Waals surface area contributed by atoms with Gasteiger partial charge in [0.1, 0.15) is 30.5 Å². The maximum atomic E-state index is 14.9. The van der Waals surface area contributed by atoms with Crippen LogP contribution in [0.4, 0.5) is 4.79 Å². The number of ether oxygens (including phenoxy) is 6. The molecule has 72 heavy (non-hydrogen) atoms. The van der Waals surface area contributed by atoms with E-state index in [0.717, 1.165) is 6.92 Å². The molecule has 21 heteroatoms. The Morgan fingerprint density at radius 2 is 1.46 bits per heavy atom. The predicted octanol–water partition coefficient (Wildman–Crippen LogP) is 3.59. The topological polar surface area (TPSA) is 334 Å². The lowest BCUT2D eigenvalue weighted by molar-refractivity contribution is -0.472. The largest absolute Gasteiger partial charge is 0.481 e. The quantitative estimate of drug-likeness (QED) is 0.0376. The molecule has 5 rings (SSSR count). The number of ketones is 1. The van der Waals surface area contributed by atoms with Crippen LogP contribution in [0, 0.1) is 29.6 Å². The fourth-order valence-corrected chi connectivity index (χ4v) is 8.39. The number of methoxy groups -OCH3 is 1. The average molecular weight is 1020 g/mol. The number of fused-ring (bicyclic) bond motifs is 3. The molecule has 0 spiro atoms. The van der Waals surface area contributed by atoms with E-state index in [9.17, 15) is 54.3 Å². The molecule has 2 aliphatic carbocycles. The molecule has 2 aromatic rings. The van der Waals surface area contributed by atoms with E-state index in [-0.39, 0.29) is 50.0 Å². The number of carbonyl (C=O) groups is 7. The molecule has 2 aromatic carbocycles. The number of esters is 3. The Bertz CT molecular complexity index is 2080. The van der Waals surface area contributed by atoms with E-state index < -0.39 is 114 Å². The van der Waals surface area contributed by atoms with Crippen LogP contribution in [0.1, 0.15) is 105 Å². The zero-order valence-electron chi connectivity index (χ0n) is 42.2. The lowest BCUT2D eigenvalue weighted by atomic mass is 9.50. The van der Waals surface area contributed by atoms with Crippen LogP contribution in [0.3, 0.4) is 0 Å². The Labute approximate surface area is 422 Å². The van der Waals surface area contributed by atoms with Crippen molar-refractivity contribution in [2.24, 2.45) is 22.5 Å². The van der Waals surface area contributed by atoms with Gasteiger partial charge in [-0.2, -0.15) is 0 Å². The molecule has 9 N–H and O–H groups in total. The fourth-order valence-electron chi connectivity index (χ4n) is 8.39. The van der Waals surface area contributed by atoms with E-state index in [0.29, 0.717) is 5.56 Å². The van der Waals surface area contributed by atoms with Crippen LogP contribution in [0.25, 0.3) is 0 Å². The van der Waals surface area contributed by atoms with E-state index >= 15 is 0 Å². The molecule has 1 heterocycles. The standard InChI is InChI=1S/C40H49NO15.C2H5NO2.C2H4O2.2C2H6.C2H2.CH4/c1-22-16-29(56-40(49,50)51)38(5)26(20-52-22)34(55-35(46)25-14-10-7-11-15-25)39(48)18-28(23(2)31(37(39,3)4)32(44)33(38)45)54-36(47)27(53-30(43)19-41-21-42)17-24-12-8-6-9-13-24;1-5-2(3)4;1-2(3)4;3*1-2;/h6-15,21-22,26-29,32,34,44,48-51H,16-20H2,1-5H3,(H,41,42);1H3,(H2,3,4);1H3,(H,3,4);2*1-2H3;1-2H;1H4/t22-,26-,27+,28-,29-,32+,34-,38-,39+;;;;;;/m0....../s1. The third kappa shape index (κ3) is 18.1. The summed E-state index contributed by atoms with van der Waals surface area (Å²) in [7, 11) is 1.22. The van der Waals surface area contributed by atoms with Crippen molar-refractivity contribution < 1.29 is 92.6 Å². The molecule has 0 radical (unpaired) electrons. The monoisotopic (exact) mass is 1020 g/mol. The molecule has 0 unspecified atom stereocenters. The van der Waals surface area contributed by atoms with Gasteiger partial charge in [0, 0.05) is 37.5 Å². The number of aliphatic hydroxyl groups is 5. The van der Waals surface area contributed by atoms with Gasteiger partial charge in [0.05, 0.1) is 36.9 Å². The minimum atomic E-state index is -3.74. The number of amides is 2. The third-order valence-corrected chi connectivity index (χ3v) is 11.7. The fraction of sp³-hybridized carbons (Fsp3) is 0.549. The zero-order valence-corrected chi connectivity index (χ0v) is 42.2. The number of benzene rings is 2. The first-order valence-corrected chi connectivity index (χ1v) is 22.6. The Balaban J connectivity index is 0. The minimum Gasteiger partial charge on any atom is -0.481 e.